The third-order valence-electron chi connectivity index (χ3n) is 5.18. The van der Waals surface area contributed by atoms with Gasteiger partial charge in [0, 0.05) is 28.7 Å². The number of aryl methyl sites for hydroxylation is 3. The number of carbonyl (C=O) groups excluding carboxylic acids is 2. The van der Waals surface area contributed by atoms with E-state index in [1.807, 2.05) is 18.7 Å². The lowest BCUT2D eigenvalue weighted by Gasteiger charge is -2.31. The number of aromatic nitrogens is 1. The molecule has 9 nitrogen and oxygen atoms in total. The molecule has 1 atom stereocenters. The molecule has 0 bridgehead atoms. The van der Waals surface area contributed by atoms with E-state index in [0.29, 0.717) is 22.9 Å². The number of rotatable bonds is 6. The zero-order valence-electron chi connectivity index (χ0n) is 17.2. The maximum atomic E-state index is 12.7. The summed E-state index contributed by atoms with van der Waals surface area (Å²) in [7, 11) is 0. The number of anilines is 2. The molecule has 0 radical (unpaired) electrons. The van der Waals surface area contributed by atoms with Crippen molar-refractivity contribution >= 4 is 39.7 Å². The summed E-state index contributed by atoms with van der Waals surface area (Å²) in [5.74, 6) is -0.526. The molecule has 0 spiro atoms. The van der Waals surface area contributed by atoms with Crippen molar-refractivity contribution in [2.75, 3.05) is 30.3 Å². The molecule has 1 fully saturated rings. The van der Waals surface area contributed by atoms with E-state index in [2.05, 4.69) is 15.6 Å². The Morgan fingerprint density at radius 3 is 2.70 bits per heavy atom. The zero-order chi connectivity index (χ0) is 21.8. The van der Waals surface area contributed by atoms with E-state index in [1.165, 1.54) is 23.5 Å². The third-order valence-corrected chi connectivity index (χ3v) is 6.17. The summed E-state index contributed by atoms with van der Waals surface area (Å²) in [6, 6.07) is 4.53. The predicted octanol–water partition coefficient (Wildman–Crippen LogP) is 3.27. The molecule has 10 heteroatoms. The minimum Gasteiger partial charge on any atom is -0.326 e. The summed E-state index contributed by atoms with van der Waals surface area (Å²) in [6.07, 6.45) is 1.56. The van der Waals surface area contributed by atoms with Crippen LogP contribution in [-0.2, 0) is 9.59 Å². The Hall–Kier alpha value is -2.85. The Balaban J connectivity index is 1.54. The Morgan fingerprint density at radius 2 is 2.07 bits per heavy atom. The van der Waals surface area contributed by atoms with Gasteiger partial charge in [0.2, 0.25) is 11.8 Å². The van der Waals surface area contributed by atoms with Gasteiger partial charge in [0.25, 0.3) is 5.69 Å². The normalized spacial score (nSPS) is 16.8. The smallest absolute Gasteiger partial charge is 0.272 e. The van der Waals surface area contributed by atoms with E-state index in [4.69, 9.17) is 0 Å². The summed E-state index contributed by atoms with van der Waals surface area (Å²) in [4.78, 5) is 42.9. The average molecular weight is 432 g/mol. The minimum absolute atomic E-state index is 0.0217. The largest absolute Gasteiger partial charge is 0.326 e. The van der Waals surface area contributed by atoms with Crippen molar-refractivity contribution in [1.29, 1.82) is 0 Å². The monoisotopic (exact) mass is 431 g/mol. The standard InChI is InChI=1S/C20H25N5O4S/c1-12-9-16(6-7-17(12)25(28)29)22-19(27)15-5-4-8-24(10-15)11-18(26)23-20-21-13(2)14(3)30-20/h6-7,9,15H,4-5,8,10-11H2,1-3H3,(H,22,27)(H,21,23,26). The van der Waals surface area contributed by atoms with Gasteiger partial charge in [-0.1, -0.05) is 0 Å². The maximum absolute atomic E-state index is 12.7. The molecule has 2 amide bonds. The molecule has 1 aliphatic rings. The number of nitrogens with zero attached hydrogens (tertiary/aromatic N) is 3. The van der Waals surface area contributed by atoms with E-state index in [1.54, 1.807) is 13.0 Å². The van der Waals surface area contributed by atoms with Crippen molar-refractivity contribution in [3.63, 3.8) is 0 Å². The van der Waals surface area contributed by atoms with Crippen LogP contribution in [0.4, 0.5) is 16.5 Å². The first-order valence-corrected chi connectivity index (χ1v) is 10.6. The molecule has 30 heavy (non-hydrogen) atoms. The van der Waals surface area contributed by atoms with Gasteiger partial charge in [0.15, 0.2) is 5.13 Å². The molecule has 1 aliphatic heterocycles. The molecule has 2 heterocycles. The predicted molar refractivity (Wildman–Crippen MR) is 116 cm³/mol. The number of piperidine rings is 1. The van der Waals surface area contributed by atoms with Gasteiger partial charge in [0.05, 0.1) is 23.1 Å². The van der Waals surface area contributed by atoms with Crippen LogP contribution in [0.3, 0.4) is 0 Å². The molecule has 3 rings (SSSR count). The molecule has 160 valence electrons. The van der Waals surface area contributed by atoms with Crippen LogP contribution in [0.1, 0.15) is 29.0 Å². The first-order valence-electron chi connectivity index (χ1n) is 9.75. The first kappa shape index (κ1) is 21.8. The summed E-state index contributed by atoms with van der Waals surface area (Å²) < 4.78 is 0. The second kappa shape index (κ2) is 9.31. The van der Waals surface area contributed by atoms with E-state index >= 15 is 0 Å². The van der Waals surface area contributed by atoms with Gasteiger partial charge in [-0.2, -0.15) is 0 Å². The van der Waals surface area contributed by atoms with Crippen molar-refractivity contribution in [2.45, 2.75) is 33.6 Å². The Kier molecular flexibility index (Phi) is 6.78. The van der Waals surface area contributed by atoms with Crippen LogP contribution in [0.15, 0.2) is 18.2 Å². The summed E-state index contributed by atoms with van der Waals surface area (Å²) >= 11 is 1.45. The number of nitro groups is 1. The Bertz CT molecular complexity index is 955. The number of nitrogens with one attached hydrogen (secondary N) is 2. The van der Waals surface area contributed by atoms with Crippen LogP contribution in [0.25, 0.3) is 0 Å². The highest BCUT2D eigenvalue weighted by Crippen LogP contribution is 2.24. The Labute approximate surface area is 178 Å². The lowest BCUT2D eigenvalue weighted by Crippen LogP contribution is -2.44. The highest BCUT2D eigenvalue weighted by atomic mass is 32.1. The van der Waals surface area contributed by atoms with Gasteiger partial charge >= 0.3 is 0 Å². The third kappa shape index (κ3) is 5.39. The molecule has 0 saturated carbocycles. The number of hydrogen-bond acceptors (Lipinski definition) is 7. The molecular weight excluding hydrogens is 406 g/mol. The fourth-order valence-corrected chi connectivity index (χ4v) is 4.31. The molecule has 2 N–H and O–H groups in total. The maximum Gasteiger partial charge on any atom is 0.272 e. The number of thiazole rings is 1. The van der Waals surface area contributed by atoms with Crippen LogP contribution in [0.2, 0.25) is 0 Å². The number of nitro benzene ring substituents is 1. The molecular formula is C20H25N5O4S. The summed E-state index contributed by atoms with van der Waals surface area (Å²) in [5, 5.41) is 17.2. The van der Waals surface area contributed by atoms with Crippen LogP contribution in [0.5, 0.6) is 0 Å². The lowest BCUT2D eigenvalue weighted by atomic mass is 9.97. The highest BCUT2D eigenvalue weighted by Gasteiger charge is 2.27. The van der Waals surface area contributed by atoms with E-state index in [-0.39, 0.29) is 30.0 Å². The van der Waals surface area contributed by atoms with Gasteiger partial charge in [0.1, 0.15) is 0 Å². The molecule has 1 unspecified atom stereocenters. The minimum atomic E-state index is -0.445. The van der Waals surface area contributed by atoms with Crippen molar-refractivity contribution in [3.8, 4) is 0 Å². The lowest BCUT2D eigenvalue weighted by molar-refractivity contribution is -0.385. The number of hydrogen-bond donors (Lipinski definition) is 2. The van der Waals surface area contributed by atoms with Crippen molar-refractivity contribution in [3.05, 3.63) is 44.4 Å². The molecule has 1 aromatic carbocycles. The SMILES string of the molecule is Cc1cc(NC(=O)C2CCCN(CC(=O)Nc3nc(C)c(C)s3)C2)ccc1[N+](=O)[O-]. The second-order valence-corrected chi connectivity index (χ2v) is 8.73. The van der Waals surface area contributed by atoms with E-state index in [9.17, 15) is 19.7 Å². The van der Waals surface area contributed by atoms with Crippen molar-refractivity contribution < 1.29 is 14.5 Å². The molecule has 2 aromatic rings. The van der Waals surface area contributed by atoms with Crippen molar-refractivity contribution in [2.24, 2.45) is 5.92 Å². The quantitative estimate of drug-likeness (QED) is 0.535. The Morgan fingerprint density at radius 1 is 1.30 bits per heavy atom. The van der Waals surface area contributed by atoms with Crippen molar-refractivity contribution in [1.82, 2.24) is 9.88 Å². The summed E-state index contributed by atoms with van der Waals surface area (Å²) in [6.45, 7) is 6.95. The van der Waals surface area contributed by atoms with Crippen LogP contribution in [0, 0.1) is 36.8 Å². The molecule has 1 saturated heterocycles. The average Bonchev–Trinajstić information content (AvgIpc) is 2.98. The highest BCUT2D eigenvalue weighted by molar-refractivity contribution is 7.15. The fraction of sp³-hybridized carbons (Fsp3) is 0.450. The van der Waals surface area contributed by atoms with Gasteiger partial charge in [-0.05, 0) is 52.3 Å². The van der Waals surface area contributed by atoms with E-state index in [0.717, 1.165) is 30.0 Å². The number of amides is 2. The van der Waals surface area contributed by atoms with Gasteiger partial charge in [-0.3, -0.25) is 24.6 Å². The van der Waals surface area contributed by atoms with E-state index < -0.39 is 4.92 Å². The van der Waals surface area contributed by atoms with Gasteiger partial charge in [-0.25, -0.2) is 4.98 Å². The summed E-state index contributed by atoms with van der Waals surface area (Å²) in [5.41, 5.74) is 1.96. The first-order chi connectivity index (χ1) is 14.2. The fourth-order valence-electron chi connectivity index (χ4n) is 3.48. The number of benzene rings is 1. The van der Waals surface area contributed by atoms with Gasteiger partial charge in [-0.15, -0.1) is 11.3 Å². The molecule has 1 aromatic heterocycles. The number of likely N-dealkylation sites (tertiary alicyclic amines) is 1. The van der Waals surface area contributed by atoms with Crippen LogP contribution >= 0.6 is 11.3 Å². The topological polar surface area (TPSA) is 117 Å². The van der Waals surface area contributed by atoms with Gasteiger partial charge < -0.3 is 10.6 Å². The number of carbonyl (C=O) groups is 2. The zero-order valence-corrected chi connectivity index (χ0v) is 18.0. The second-order valence-electron chi connectivity index (χ2n) is 7.53. The van der Waals surface area contributed by atoms with Crippen LogP contribution in [-0.4, -0.2) is 46.3 Å². The molecule has 0 aliphatic carbocycles. The van der Waals surface area contributed by atoms with Crippen LogP contribution < -0.4 is 10.6 Å².